The molecule has 4 rings (SSSR count). The Hall–Kier alpha value is -1.93. The number of hydrogen-bond donors (Lipinski definition) is 1. The standard InChI is InChI=1S/C25H38N4O3S/c1-2-32-23-6-4-20(5-7-23)18-21-8-13-29(14-9-21)25-26-12-3-17-33(30)19-24(28-25)27-22-10-15-31-16-11-22/h4-7,21-22H,2-3,8-19H2,1H3,(H,26,27,28). The summed E-state index contributed by atoms with van der Waals surface area (Å²) >= 11 is 0. The van der Waals surface area contributed by atoms with Gasteiger partial charge in [0, 0.05) is 49.4 Å². The van der Waals surface area contributed by atoms with Crippen LogP contribution in [0.5, 0.6) is 5.75 Å². The van der Waals surface area contributed by atoms with Gasteiger partial charge in [-0.3, -0.25) is 14.2 Å². The molecule has 1 unspecified atom stereocenters. The van der Waals surface area contributed by atoms with Crippen molar-refractivity contribution in [2.75, 3.05) is 51.0 Å². The molecule has 33 heavy (non-hydrogen) atoms. The van der Waals surface area contributed by atoms with Crippen LogP contribution in [0.3, 0.4) is 0 Å². The first-order valence-corrected chi connectivity index (χ1v) is 14.0. The highest BCUT2D eigenvalue weighted by molar-refractivity contribution is 7.85. The summed E-state index contributed by atoms with van der Waals surface area (Å²) in [5.41, 5.74) is 1.38. The first-order valence-electron chi connectivity index (χ1n) is 12.5. The minimum absolute atomic E-state index is 0.250. The monoisotopic (exact) mass is 474 g/mol. The second-order valence-corrected chi connectivity index (χ2v) is 10.7. The second-order valence-electron chi connectivity index (χ2n) is 9.10. The molecule has 0 aromatic heterocycles. The van der Waals surface area contributed by atoms with Gasteiger partial charge in [0.05, 0.1) is 18.4 Å². The van der Waals surface area contributed by atoms with Crippen LogP contribution >= 0.6 is 0 Å². The Bertz CT molecular complexity index is 829. The summed E-state index contributed by atoms with van der Waals surface area (Å²) in [5, 5.41) is 3.50. The number of nitrogens with zero attached hydrogens (tertiary/aromatic N) is 3. The number of piperidine rings is 1. The van der Waals surface area contributed by atoms with Gasteiger partial charge in [0.15, 0.2) is 5.96 Å². The topological polar surface area (TPSA) is 75.5 Å². The van der Waals surface area contributed by atoms with Gasteiger partial charge in [0.1, 0.15) is 11.6 Å². The van der Waals surface area contributed by atoms with Crippen molar-refractivity contribution in [3.63, 3.8) is 0 Å². The van der Waals surface area contributed by atoms with Gasteiger partial charge in [0.2, 0.25) is 0 Å². The van der Waals surface area contributed by atoms with Gasteiger partial charge >= 0.3 is 0 Å². The maximum absolute atomic E-state index is 12.5. The third kappa shape index (κ3) is 7.54. The van der Waals surface area contributed by atoms with Gasteiger partial charge in [0.25, 0.3) is 0 Å². The van der Waals surface area contributed by atoms with E-state index < -0.39 is 10.8 Å². The van der Waals surface area contributed by atoms with Crippen LogP contribution < -0.4 is 10.1 Å². The summed E-state index contributed by atoms with van der Waals surface area (Å²) in [7, 11) is -0.891. The van der Waals surface area contributed by atoms with E-state index in [-0.39, 0.29) is 6.04 Å². The van der Waals surface area contributed by atoms with E-state index in [1.165, 1.54) is 5.56 Å². The highest BCUT2D eigenvalue weighted by Gasteiger charge is 2.24. The number of nitrogens with one attached hydrogen (secondary N) is 1. The molecule has 8 heteroatoms. The Morgan fingerprint density at radius 1 is 1.18 bits per heavy atom. The molecule has 0 spiro atoms. The normalized spacial score (nSPS) is 25.0. The molecule has 1 atom stereocenters. The number of benzene rings is 1. The van der Waals surface area contributed by atoms with Gasteiger partial charge < -0.3 is 19.7 Å². The third-order valence-corrected chi connectivity index (χ3v) is 7.89. The van der Waals surface area contributed by atoms with E-state index in [4.69, 9.17) is 19.5 Å². The summed E-state index contributed by atoms with van der Waals surface area (Å²) in [6.07, 6.45) is 6.12. The van der Waals surface area contributed by atoms with Crippen molar-refractivity contribution in [2.24, 2.45) is 15.9 Å². The molecule has 2 fully saturated rings. The minimum Gasteiger partial charge on any atom is -0.494 e. The third-order valence-electron chi connectivity index (χ3n) is 6.55. The average molecular weight is 475 g/mol. The molecule has 3 heterocycles. The lowest BCUT2D eigenvalue weighted by Gasteiger charge is -2.34. The minimum atomic E-state index is -0.891. The molecule has 0 radical (unpaired) electrons. The van der Waals surface area contributed by atoms with Crippen LogP contribution in [0.1, 0.15) is 44.6 Å². The fourth-order valence-electron chi connectivity index (χ4n) is 4.69. The van der Waals surface area contributed by atoms with Crippen LogP contribution in [0.4, 0.5) is 0 Å². The maximum Gasteiger partial charge on any atom is 0.199 e. The van der Waals surface area contributed by atoms with Gasteiger partial charge in [-0.15, -0.1) is 0 Å². The molecule has 7 nitrogen and oxygen atoms in total. The largest absolute Gasteiger partial charge is 0.494 e. The maximum atomic E-state index is 12.5. The van der Waals surface area contributed by atoms with Gasteiger partial charge in [-0.05, 0) is 69.1 Å². The Morgan fingerprint density at radius 2 is 1.94 bits per heavy atom. The van der Waals surface area contributed by atoms with Crippen molar-refractivity contribution in [3.05, 3.63) is 29.8 Å². The average Bonchev–Trinajstić information content (AvgIpc) is 2.92. The summed E-state index contributed by atoms with van der Waals surface area (Å²) < 4.78 is 23.5. The van der Waals surface area contributed by atoms with Crippen molar-refractivity contribution >= 4 is 22.6 Å². The molecule has 0 amide bonds. The van der Waals surface area contributed by atoms with E-state index in [0.29, 0.717) is 30.6 Å². The lowest BCUT2D eigenvalue weighted by molar-refractivity contribution is 0.0870. The second kappa shape index (κ2) is 12.5. The number of guanidine groups is 1. The number of aliphatic imine (C=N–C) groups is 2. The van der Waals surface area contributed by atoms with Crippen LogP contribution in [0.2, 0.25) is 0 Å². The molecule has 0 aliphatic carbocycles. The molecular weight excluding hydrogens is 436 g/mol. The Kier molecular flexibility index (Phi) is 9.17. The van der Waals surface area contributed by atoms with Gasteiger partial charge in [-0.2, -0.15) is 0 Å². The lowest BCUT2D eigenvalue weighted by Crippen LogP contribution is -2.49. The molecule has 3 aliphatic rings. The lowest BCUT2D eigenvalue weighted by atomic mass is 9.90. The molecule has 1 aromatic rings. The van der Waals surface area contributed by atoms with E-state index in [0.717, 1.165) is 82.4 Å². The molecule has 3 aliphatic heterocycles. The Morgan fingerprint density at radius 3 is 2.67 bits per heavy atom. The number of rotatable bonds is 5. The number of ether oxygens (including phenoxy) is 2. The molecule has 1 aromatic carbocycles. The summed E-state index contributed by atoms with van der Waals surface area (Å²) in [6.45, 7) is 6.92. The van der Waals surface area contributed by atoms with E-state index in [2.05, 4.69) is 34.5 Å². The molecule has 0 saturated carbocycles. The fourth-order valence-corrected chi connectivity index (χ4v) is 5.74. The van der Waals surface area contributed by atoms with Crippen LogP contribution in [0.25, 0.3) is 0 Å². The van der Waals surface area contributed by atoms with Crippen molar-refractivity contribution in [1.29, 1.82) is 0 Å². The van der Waals surface area contributed by atoms with E-state index >= 15 is 0 Å². The summed E-state index contributed by atoms with van der Waals surface area (Å²) in [4.78, 5) is 12.2. The summed E-state index contributed by atoms with van der Waals surface area (Å²) in [6, 6.07) is 8.79. The van der Waals surface area contributed by atoms with Crippen LogP contribution in [-0.4, -0.2) is 77.9 Å². The fraction of sp³-hybridized carbons (Fsp3) is 0.680. The first kappa shape index (κ1) is 24.2. The Labute approximate surface area is 200 Å². The number of hydrogen-bond acceptors (Lipinski definition) is 6. The molecular formula is C25H38N4O3S. The van der Waals surface area contributed by atoms with E-state index in [1.54, 1.807) is 0 Å². The highest BCUT2D eigenvalue weighted by atomic mass is 32.2. The predicted octanol–water partition coefficient (Wildman–Crippen LogP) is 3.02. The SMILES string of the molecule is CCOc1ccc(CC2CCN(C3=NCCCS(=O)CC(=NC4CCOCC4)N3)CC2)cc1. The zero-order valence-corrected chi connectivity index (χ0v) is 20.7. The molecule has 2 saturated heterocycles. The predicted molar refractivity (Wildman–Crippen MR) is 135 cm³/mol. The van der Waals surface area contributed by atoms with Crippen LogP contribution in [0, 0.1) is 5.92 Å². The molecule has 1 N–H and O–H groups in total. The Balaban J connectivity index is 1.35. The van der Waals surface area contributed by atoms with Crippen molar-refractivity contribution in [2.45, 2.75) is 51.5 Å². The summed E-state index contributed by atoms with van der Waals surface area (Å²) in [5.74, 6) is 4.55. The van der Waals surface area contributed by atoms with Gasteiger partial charge in [-0.1, -0.05) is 12.1 Å². The van der Waals surface area contributed by atoms with Crippen LogP contribution in [0.15, 0.2) is 34.3 Å². The molecule has 182 valence electrons. The van der Waals surface area contributed by atoms with E-state index in [1.807, 2.05) is 6.92 Å². The van der Waals surface area contributed by atoms with Crippen molar-refractivity contribution in [3.8, 4) is 5.75 Å². The number of amidine groups is 1. The smallest absolute Gasteiger partial charge is 0.199 e. The highest BCUT2D eigenvalue weighted by Crippen LogP contribution is 2.23. The van der Waals surface area contributed by atoms with E-state index in [9.17, 15) is 4.21 Å². The zero-order chi connectivity index (χ0) is 22.9. The van der Waals surface area contributed by atoms with Crippen molar-refractivity contribution < 1.29 is 13.7 Å². The molecule has 0 bridgehead atoms. The van der Waals surface area contributed by atoms with Crippen molar-refractivity contribution in [1.82, 2.24) is 10.2 Å². The quantitative estimate of drug-likeness (QED) is 0.710. The first-order chi connectivity index (χ1) is 16.2. The van der Waals surface area contributed by atoms with Crippen LogP contribution in [-0.2, 0) is 22.0 Å². The number of likely N-dealkylation sites (tertiary alicyclic amines) is 1. The zero-order valence-electron chi connectivity index (χ0n) is 19.8. The van der Waals surface area contributed by atoms with Gasteiger partial charge in [-0.25, -0.2) is 0 Å².